The molecule has 0 aromatic heterocycles. The van der Waals surface area contributed by atoms with Crippen LogP contribution in [0, 0.1) is 5.92 Å². The maximum Gasteiger partial charge on any atom is 0.407 e. The Hall–Kier alpha value is -1.06. The normalized spacial score (nSPS) is 24.2. The average Bonchev–Trinajstić information content (AvgIpc) is 2.05. The minimum absolute atomic E-state index is 0.0742. The number of likely N-dealkylation sites (tertiary alicyclic amines) is 1. The van der Waals surface area contributed by atoms with Gasteiger partial charge in [0.05, 0.1) is 0 Å². The summed E-state index contributed by atoms with van der Waals surface area (Å²) in [5.74, 6) is 0.129. The van der Waals surface area contributed by atoms with Gasteiger partial charge in [-0.15, -0.1) is 0 Å². The van der Waals surface area contributed by atoms with Crippen LogP contribution in [-0.2, 0) is 4.79 Å². The molecule has 1 fully saturated rings. The number of carbonyl (C=O) groups is 2. The van der Waals surface area contributed by atoms with Gasteiger partial charge in [0.2, 0.25) is 0 Å². The van der Waals surface area contributed by atoms with Crippen LogP contribution in [0.1, 0.15) is 19.8 Å². The molecule has 0 aromatic rings. The highest BCUT2D eigenvalue weighted by molar-refractivity contribution is 5.83. The van der Waals surface area contributed by atoms with Crippen LogP contribution in [0.25, 0.3) is 0 Å². The first-order valence-corrected chi connectivity index (χ1v) is 4.15. The zero-order valence-electron chi connectivity index (χ0n) is 7.12. The molecule has 0 aromatic carbocycles. The van der Waals surface area contributed by atoms with Crippen LogP contribution >= 0.6 is 0 Å². The standard InChI is InChI=1S/C8H13NO3/c1-2-6-5-9(8(11)12)4-3-7(6)10/h6H,2-5H2,1H3,(H,11,12). The van der Waals surface area contributed by atoms with E-state index in [-0.39, 0.29) is 11.7 Å². The predicted octanol–water partition coefficient (Wildman–Crippen LogP) is 0.965. The third-order valence-electron chi connectivity index (χ3n) is 2.29. The average molecular weight is 171 g/mol. The van der Waals surface area contributed by atoms with E-state index in [4.69, 9.17) is 5.11 Å². The monoisotopic (exact) mass is 171 g/mol. The van der Waals surface area contributed by atoms with Gasteiger partial charge in [0.1, 0.15) is 5.78 Å². The molecule has 4 nitrogen and oxygen atoms in total. The van der Waals surface area contributed by atoms with Crippen molar-refractivity contribution in [3.63, 3.8) is 0 Å². The first-order chi connectivity index (χ1) is 5.65. The summed E-state index contributed by atoms with van der Waals surface area (Å²) in [5.41, 5.74) is 0. The maximum atomic E-state index is 11.2. The van der Waals surface area contributed by atoms with Crippen LogP contribution in [0.15, 0.2) is 0 Å². The van der Waals surface area contributed by atoms with Gasteiger partial charge >= 0.3 is 6.09 Å². The fraction of sp³-hybridized carbons (Fsp3) is 0.750. The molecule has 0 radical (unpaired) electrons. The summed E-state index contributed by atoms with van der Waals surface area (Å²) in [6, 6.07) is 0. The lowest BCUT2D eigenvalue weighted by Gasteiger charge is -2.28. The number of piperidine rings is 1. The molecule has 12 heavy (non-hydrogen) atoms. The van der Waals surface area contributed by atoms with E-state index in [1.54, 1.807) is 0 Å². The highest BCUT2D eigenvalue weighted by atomic mass is 16.4. The van der Waals surface area contributed by atoms with E-state index in [1.165, 1.54) is 4.90 Å². The molecule has 0 bridgehead atoms. The van der Waals surface area contributed by atoms with Gasteiger partial charge in [-0.25, -0.2) is 4.79 Å². The fourth-order valence-electron chi connectivity index (χ4n) is 1.44. The zero-order valence-corrected chi connectivity index (χ0v) is 7.12. The molecule has 0 saturated carbocycles. The zero-order chi connectivity index (χ0) is 9.14. The van der Waals surface area contributed by atoms with Gasteiger partial charge in [-0.05, 0) is 6.42 Å². The molecule has 1 rings (SSSR count). The Balaban J connectivity index is 2.55. The molecule has 1 unspecified atom stereocenters. The lowest BCUT2D eigenvalue weighted by Crippen LogP contribution is -2.43. The third kappa shape index (κ3) is 1.75. The van der Waals surface area contributed by atoms with Crippen molar-refractivity contribution in [2.45, 2.75) is 19.8 Å². The molecule has 0 spiro atoms. The SMILES string of the molecule is CCC1CN(C(=O)O)CCC1=O. The molecule has 1 aliphatic rings. The van der Waals surface area contributed by atoms with Gasteiger partial charge in [0.25, 0.3) is 0 Å². The quantitative estimate of drug-likeness (QED) is 0.639. The number of nitrogens with zero attached hydrogens (tertiary/aromatic N) is 1. The minimum Gasteiger partial charge on any atom is -0.465 e. The molecule has 4 heteroatoms. The summed E-state index contributed by atoms with van der Waals surface area (Å²) >= 11 is 0. The highest BCUT2D eigenvalue weighted by Gasteiger charge is 2.27. The molecule has 1 N–H and O–H groups in total. The first kappa shape index (κ1) is 9.03. The highest BCUT2D eigenvalue weighted by Crippen LogP contribution is 2.15. The summed E-state index contributed by atoms with van der Waals surface area (Å²) in [6.45, 7) is 2.66. The summed E-state index contributed by atoms with van der Waals surface area (Å²) in [4.78, 5) is 23.0. The second-order valence-electron chi connectivity index (χ2n) is 3.05. The van der Waals surface area contributed by atoms with Crippen LogP contribution < -0.4 is 0 Å². The van der Waals surface area contributed by atoms with Crippen LogP contribution in [0.2, 0.25) is 0 Å². The van der Waals surface area contributed by atoms with Crippen molar-refractivity contribution >= 4 is 11.9 Å². The summed E-state index contributed by atoms with van der Waals surface area (Å²) < 4.78 is 0. The molecule has 1 atom stereocenters. The van der Waals surface area contributed by atoms with Crippen LogP contribution in [0.5, 0.6) is 0 Å². The number of hydrogen-bond donors (Lipinski definition) is 1. The van der Waals surface area contributed by atoms with E-state index < -0.39 is 6.09 Å². The molecular weight excluding hydrogens is 158 g/mol. The second-order valence-corrected chi connectivity index (χ2v) is 3.05. The van der Waals surface area contributed by atoms with Gasteiger partial charge in [-0.1, -0.05) is 6.92 Å². The molecule has 1 aliphatic heterocycles. The smallest absolute Gasteiger partial charge is 0.407 e. The first-order valence-electron chi connectivity index (χ1n) is 4.15. The van der Waals surface area contributed by atoms with Crippen molar-refractivity contribution in [2.24, 2.45) is 5.92 Å². The third-order valence-corrected chi connectivity index (χ3v) is 2.29. The Morgan fingerprint density at radius 3 is 2.92 bits per heavy atom. The Kier molecular flexibility index (Phi) is 2.68. The predicted molar refractivity (Wildman–Crippen MR) is 43.0 cm³/mol. The van der Waals surface area contributed by atoms with Crippen molar-refractivity contribution in [1.29, 1.82) is 0 Å². The van der Waals surface area contributed by atoms with Crippen LogP contribution in [0.3, 0.4) is 0 Å². The summed E-state index contributed by atoms with van der Waals surface area (Å²) in [5, 5.41) is 8.65. The number of carbonyl (C=O) groups excluding carboxylic acids is 1. The Morgan fingerprint density at radius 1 is 1.75 bits per heavy atom. The second kappa shape index (κ2) is 3.56. The van der Waals surface area contributed by atoms with Crippen molar-refractivity contribution in [3.8, 4) is 0 Å². The number of amides is 1. The van der Waals surface area contributed by atoms with E-state index >= 15 is 0 Å². The van der Waals surface area contributed by atoms with Gasteiger partial charge in [-0.3, -0.25) is 4.79 Å². The Morgan fingerprint density at radius 2 is 2.42 bits per heavy atom. The molecule has 1 saturated heterocycles. The Bertz CT molecular complexity index is 202. The van der Waals surface area contributed by atoms with Gasteiger partial charge in [-0.2, -0.15) is 0 Å². The molecule has 0 aliphatic carbocycles. The Labute approximate surface area is 71.2 Å². The van der Waals surface area contributed by atoms with Crippen molar-refractivity contribution in [2.75, 3.05) is 13.1 Å². The minimum atomic E-state index is -0.916. The van der Waals surface area contributed by atoms with Crippen molar-refractivity contribution < 1.29 is 14.7 Å². The molecule has 68 valence electrons. The van der Waals surface area contributed by atoms with Crippen molar-refractivity contribution in [3.05, 3.63) is 0 Å². The van der Waals surface area contributed by atoms with Gasteiger partial charge in [0, 0.05) is 25.4 Å². The van der Waals surface area contributed by atoms with Crippen LogP contribution in [0.4, 0.5) is 4.79 Å². The fourth-order valence-corrected chi connectivity index (χ4v) is 1.44. The number of carboxylic acid groups (broad SMARTS) is 1. The number of rotatable bonds is 1. The van der Waals surface area contributed by atoms with E-state index in [1.807, 2.05) is 6.92 Å². The van der Waals surface area contributed by atoms with Gasteiger partial charge < -0.3 is 10.0 Å². The summed E-state index contributed by atoms with van der Waals surface area (Å²) in [6.07, 6.45) is 0.203. The lowest BCUT2D eigenvalue weighted by atomic mass is 9.94. The van der Waals surface area contributed by atoms with E-state index in [2.05, 4.69) is 0 Å². The molecule has 1 amide bonds. The molecular formula is C8H13NO3. The number of Topliss-reactive ketones (excluding diaryl/α,β-unsaturated/α-hetero) is 1. The van der Waals surface area contributed by atoms with E-state index in [0.717, 1.165) is 6.42 Å². The summed E-state index contributed by atoms with van der Waals surface area (Å²) in [7, 11) is 0. The van der Waals surface area contributed by atoms with E-state index in [0.29, 0.717) is 19.5 Å². The van der Waals surface area contributed by atoms with Crippen LogP contribution in [-0.4, -0.2) is 35.0 Å². The lowest BCUT2D eigenvalue weighted by molar-refractivity contribution is -0.125. The van der Waals surface area contributed by atoms with E-state index in [9.17, 15) is 9.59 Å². The maximum absolute atomic E-state index is 11.2. The largest absolute Gasteiger partial charge is 0.465 e. The topological polar surface area (TPSA) is 57.6 Å². The molecule has 1 heterocycles. The van der Waals surface area contributed by atoms with Gasteiger partial charge in [0.15, 0.2) is 0 Å². The number of hydrogen-bond acceptors (Lipinski definition) is 2. The number of ketones is 1. The van der Waals surface area contributed by atoms with Crippen molar-refractivity contribution in [1.82, 2.24) is 4.90 Å².